The number of benzene rings is 3. The number of rotatable bonds is 13. The van der Waals surface area contributed by atoms with Crippen LogP contribution in [0, 0.1) is 0 Å². The van der Waals surface area contributed by atoms with E-state index in [1.807, 2.05) is 42.5 Å². The quantitative estimate of drug-likeness (QED) is 0.287. The molecule has 0 saturated carbocycles. The van der Waals surface area contributed by atoms with Crippen LogP contribution in [0.1, 0.15) is 74.3 Å². The van der Waals surface area contributed by atoms with E-state index in [1.54, 1.807) is 0 Å². The molecule has 1 atom stereocenters. The molecule has 0 bridgehead atoms. The normalized spacial score (nSPS) is 12.1. The molecular formula is C29H36O4. The first-order valence-corrected chi connectivity index (χ1v) is 12.2. The van der Waals surface area contributed by atoms with Crippen LogP contribution in [-0.4, -0.2) is 22.8 Å². The summed E-state index contributed by atoms with van der Waals surface area (Å²) >= 11 is 0. The summed E-state index contributed by atoms with van der Waals surface area (Å²) in [4.78, 5) is 12.3. The molecule has 0 aliphatic rings. The van der Waals surface area contributed by atoms with Gasteiger partial charge in [0, 0.05) is 12.2 Å². The molecule has 176 valence electrons. The van der Waals surface area contributed by atoms with E-state index < -0.39 is 12.1 Å². The van der Waals surface area contributed by atoms with Crippen LogP contribution in [0.25, 0.3) is 10.8 Å². The van der Waals surface area contributed by atoms with Gasteiger partial charge in [-0.3, -0.25) is 0 Å². The molecule has 0 amide bonds. The van der Waals surface area contributed by atoms with E-state index >= 15 is 0 Å². The predicted molar refractivity (Wildman–Crippen MR) is 134 cm³/mol. The summed E-state index contributed by atoms with van der Waals surface area (Å²) in [5.41, 5.74) is 4.10. The van der Waals surface area contributed by atoms with Gasteiger partial charge in [0.2, 0.25) is 6.10 Å². The maximum Gasteiger partial charge on any atom is 0.349 e. The number of aryl methyl sites for hydroxylation is 3. The van der Waals surface area contributed by atoms with Crippen molar-refractivity contribution < 1.29 is 19.7 Å². The van der Waals surface area contributed by atoms with Crippen molar-refractivity contribution in [2.75, 3.05) is 6.61 Å². The van der Waals surface area contributed by atoms with Crippen LogP contribution in [0.3, 0.4) is 0 Å². The van der Waals surface area contributed by atoms with Crippen molar-refractivity contribution in [3.05, 3.63) is 76.9 Å². The van der Waals surface area contributed by atoms with Gasteiger partial charge < -0.3 is 14.9 Å². The van der Waals surface area contributed by atoms with Gasteiger partial charge in [0.15, 0.2) is 0 Å². The standard InChI is InChI=1S/C29H36O4/c1-3-10-24-18-21(12-6-5-9-17-30)19-25(11-4-2)27(24)33-28(29(31)32)26-16-15-22-13-7-8-14-23(22)20-26/h7-8,13-16,18-20,28,30H,3-6,9-12,17H2,1-2H3,(H,31,32). The molecule has 3 rings (SSSR count). The molecule has 2 N–H and O–H groups in total. The molecule has 4 heteroatoms. The number of carboxylic acids is 1. The number of aliphatic hydroxyl groups excluding tert-OH is 1. The summed E-state index contributed by atoms with van der Waals surface area (Å²) in [6.45, 7) is 4.50. The molecule has 3 aromatic carbocycles. The summed E-state index contributed by atoms with van der Waals surface area (Å²) in [6, 6.07) is 18.1. The molecule has 0 aliphatic carbocycles. The monoisotopic (exact) mass is 448 g/mol. The lowest BCUT2D eigenvalue weighted by atomic mass is 9.95. The van der Waals surface area contributed by atoms with Gasteiger partial charge in [-0.15, -0.1) is 0 Å². The van der Waals surface area contributed by atoms with Crippen molar-refractivity contribution in [3.63, 3.8) is 0 Å². The maximum absolute atomic E-state index is 12.3. The summed E-state index contributed by atoms with van der Waals surface area (Å²) < 4.78 is 6.34. The van der Waals surface area contributed by atoms with Gasteiger partial charge in [0.05, 0.1) is 0 Å². The zero-order valence-corrected chi connectivity index (χ0v) is 19.8. The fraction of sp³-hybridized carbons (Fsp3) is 0.414. The Bertz CT molecular complexity index is 1030. The third kappa shape index (κ3) is 6.58. The van der Waals surface area contributed by atoms with Crippen LogP contribution < -0.4 is 4.74 Å². The largest absolute Gasteiger partial charge is 0.478 e. The van der Waals surface area contributed by atoms with E-state index in [-0.39, 0.29) is 6.61 Å². The zero-order chi connectivity index (χ0) is 23.6. The predicted octanol–water partition coefficient (Wildman–Crippen LogP) is 6.65. The summed E-state index contributed by atoms with van der Waals surface area (Å²) in [5, 5.41) is 21.2. The molecule has 4 nitrogen and oxygen atoms in total. The lowest BCUT2D eigenvalue weighted by molar-refractivity contribution is -0.145. The molecule has 3 aromatic rings. The van der Waals surface area contributed by atoms with Crippen molar-refractivity contribution in [2.45, 2.75) is 71.3 Å². The van der Waals surface area contributed by atoms with Crippen LogP contribution >= 0.6 is 0 Å². The molecule has 33 heavy (non-hydrogen) atoms. The average Bonchev–Trinajstić information content (AvgIpc) is 2.81. The Labute approximate surface area is 197 Å². The van der Waals surface area contributed by atoms with Crippen LogP contribution in [0.5, 0.6) is 5.75 Å². The van der Waals surface area contributed by atoms with Gasteiger partial charge in [-0.1, -0.05) is 81.6 Å². The van der Waals surface area contributed by atoms with Crippen LogP contribution in [0.4, 0.5) is 0 Å². The second kappa shape index (κ2) is 12.4. The zero-order valence-electron chi connectivity index (χ0n) is 19.8. The first-order chi connectivity index (χ1) is 16.1. The Morgan fingerprint density at radius 2 is 1.52 bits per heavy atom. The van der Waals surface area contributed by atoms with Crippen molar-refractivity contribution in [3.8, 4) is 5.75 Å². The number of carbonyl (C=O) groups is 1. The lowest BCUT2D eigenvalue weighted by Gasteiger charge is -2.22. The van der Waals surface area contributed by atoms with E-state index in [1.165, 1.54) is 5.56 Å². The Balaban J connectivity index is 1.97. The molecule has 1 unspecified atom stereocenters. The van der Waals surface area contributed by atoms with Gasteiger partial charge in [0.25, 0.3) is 0 Å². The van der Waals surface area contributed by atoms with Gasteiger partial charge in [-0.25, -0.2) is 4.79 Å². The van der Waals surface area contributed by atoms with Gasteiger partial charge in [-0.2, -0.15) is 0 Å². The second-order valence-corrected chi connectivity index (χ2v) is 8.72. The Morgan fingerprint density at radius 1 is 0.848 bits per heavy atom. The minimum absolute atomic E-state index is 0.236. The molecule has 0 aliphatic heterocycles. The first kappa shape index (κ1) is 24.8. The molecule has 0 fully saturated rings. The lowest BCUT2D eigenvalue weighted by Crippen LogP contribution is -2.20. The molecular weight excluding hydrogens is 412 g/mol. The highest BCUT2D eigenvalue weighted by Crippen LogP contribution is 2.34. The number of hydrogen-bond acceptors (Lipinski definition) is 3. The number of fused-ring (bicyclic) bond motifs is 1. The maximum atomic E-state index is 12.3. The molecule has 0 spiro atoms. The van der Waals surface area contributed by atoms with Crippen LogP contribution in [0.2, 0.25) is 0 Å². The molecule has 0 aromatic heterocycles. The minimum Gasteiger partial charge on any atom is -0.478 e. The third-order valence-electron chi connectivity index (χ3n) is 6.00. The van der Waals surface area contributed by atoms with E-state index in [2.05, 4.69) is 26.0 Å². The van der Waals surface area contributed by atoms with Gasteiger partial charge >= 0.3 is 5.97 Å². The second-order valence-electron chi connectivity index (χ2n) is 8.72. The highest BCUT2D eigenvalue weighted by Gasteiger charge is 2.25. The fourth-order valence-electron chi connectivity index (χ4n) is 4.40. The number of carboxylic acid groups (broad SMARTS) is 1. The van der Waals surface area contributed by atoms with E-state index in [0.29, 0.717) is 5.56 Å². The average molecular weight is 449 g/mol. The molecule has 0 radical (unpaired) electrons. The van der Waals surface area contributed by atoms with Crippen LogP contribution in [0.15, 0.2) is 54.6 Å². The molecule has 0 saturated heterocycles. The SMILES string of the molecule is CCCc1cc(CCCCCO)cc(CCC)c1OC(C(=O)O)c1ccc2ccccc2c1. The summed E-state index contributed by atoms with van der Waals surface area (Å²) in [5.74, 6) is -0.248. The number of aliphatic carboxylic acids is 1. The third-order valence-corrected chi connectivity index (χ3v) is 6.00. The highest BCUT2D eigenvalue weighted by atomic mass is 16.5. The fourth-order valence-corrected chi connectivity index (χ4v) is 4.40. The van der Waals surface area contributed by atoms with E-state index in [4.69, 9.17) is 9.84 Å². The number of unbranched alkanes of at least 4 members (excludes halogenated alkanes) is 2. The number of ether oxygens (including phenoxy) is 1. The smallest absolute Gasteiger partial charge is 0.349 e. The Morgan fingerprint density at radius 3 is 2.12 bits per heavy atom. The van der Waals surface area contributed by atoms with Crippen molar-refractivity contribution in [1.82, 2.24) is 0 Å². The summed E-state index contributed by atoms with van der Waals surface area (Å²) in [7, 11) is 0. The van der Waals surface area contributed by atoms with E-state index in [0.717, 1.165) is 79.0 Å². The minimum atomic E-state index is -1.06. The van der Waals surface area contributed by atoms with E-state index in [9.17, 15) is 9.90 Å². The Kier molecular flexibility index (Phi) is 9.32. The van der Waals surface area contributed by atoms with Crippen molar-refractivity contribution >= 4 is 16.7 Å². The first-order valence-electron chi connectivity index (χ1n) is 12.2. The van der Waals surface area contributed by atoms with Gasteiger partial charge in [-0.05, 0) is 65.6 Å². The van der Waals surface area contributed by atoms with Crippen LogP contribution in [-0.2, 0) is 24.1 Å². The number of aliphatic hydroxyl groups is 1. The summed E-state index contributed by atoms with van der Waals surface area (Å²) in [6.07, 6.45) is 6.39. The van der Waals surface area contributed by atoms with Gasteiger partial charge in [0.1, 0.15) is 5.75 Å². The Hall–Kier alpha value is -2.85. The molecule has 0 heterocycles. The highest BCUT2D eigenvalue weighted by molar-refractivity contribution is 5.85. The topological polar surface area (TPSA) is 66.8 Å². The van der Waals surface area contributed by atoms with Crippen molar-refractivity contribution in [1.29, 1.82) is 0 Å². The van der Waals surface area contributed by atoms with Crippen molar-refractivity contribution in [2.24, 2.45) is 0 Å². The number of hydrogen-bond donors (Lipinski definition) is 2.